The second-order valence-corrected chi connectivity index (χ2v) is 7.06. The number of anilines is 1. The van der Waals surface area contributed by atoms with E-state index >= 15 is 0 Å². The van der Waals surface area contributed by atoms with E-state index in [1.807, 2.05) is 10.6 Å². The van der Waals surface area contributed by atoms with Crippen LogP contribution >= 0.6 is 0 Å². The zero-order valence-corrected chi connectivity index (χ0v) is 14.5. The average molecular weight is 352 g/mol. The SMILES string of the molecule is Fc1ccc(-c2cc3nc4c(c(NC[C@@H]5CCCO5)n3n2)CCC4)cc1. The predicted molar refractivity (Wildman–Crippen MR) is 97.9 cm³/mol. The Labute approximate surface area is 151 Å². The van der Waals surface area contributed by atoms with Gasteiger partial charge in [0.05, 0.1) is 11.8 Å². The third-order valence-corrected chi connectivity index (χ3v) is 5.29. The molecule has 2 aromatic heterocycles. The van der Waals surface area contributed by atoms with Gasteiger partial charge in [0.2, 0.25) is 0 Å². The van der Waals surface area contributed by atoms with Gasteiger partial charge >= 0.3 is 0 Å². The highest BCUT2D eigenvalue weighted by Crippen LogP contribution is 2.30. The van der Waals surface area contributed by atoms with E-state index < -0.39 is 0 Å². The molecule has 0 unspecified atom stereocenters. The maximum atomic E-state index is 13.2. The standard InChI is InChI=1S/C20H21FN4O/c21-14-8-6-13(7-9-14)18-11-19-23-17-5-1-4-16(17)20(25(19)24-18)22-12-15-3-2-10-26-15/h6-9,11,15,22H,1-5,10,12H2/t15-/m0/s1. The number of nitrogens with zero attached hydrogens (tertiary/aromatic N) is 3. The second kappa shape index (κ2) is 6.36. The van der Waals surface area contributed by atoms with Crippen molar-refractivity contribution in [1.29, 1.82) is 0 Å². The van der Waals surface area contributed by atoms with Gasteiger partial charge in [-0.15, -0.1) is 0 Å². The van der Waals surface area contributed by atoms with Crippen LogP contribution in [-0.2, 0) is 17.6 Å². The van der Waals surface area contributed by atoms with Crippen molar-refractivity contribution >= 4 is 11.5 Å². The highest BCUT2D eigenvalue weighted by Gasteiger charge is 2.23. The molecule has 6 heteroatoms. The summed E-state index contributed by atoms with van der Waals surface area (Å²) in [6, 6.07) is 8.41. The van der Waals surface area contributed by atoms with Gasteiger partial charge in [-0.3, -0.25) is 0 Å². The van der Waals surface area contributed by atoms with Crippen LogP contribution in [-0.4, -0.2) is 33.9 Å². The lowest BCUT2D eigenvalue weighted by molar-refractivity contribution is 0.120. The molecule has 5 nitrogen and oxygen atoms in total. The molecule has 1 saturated heterocycles. The van der Waals surface area contributed by atoms with Crippen LogP contribution in [0.4, 0.5) is 10.2 Å². The van der Waals surface area contributed by atoms with Gasteiger partial charge in [0, 0.05) is 36.0 Å². The van der Waals surface area contributed by atoms with Crippen molar-refractivity contribution in [2.24, 2.45) is 0 Å². The predicted octanol–water partition coefficient (Wildman–Crippen LogP) is 3.62. The number of benzene rings is 1. The van der Waals surface area contributed by atoms with Crippen LogP contribution in [0.1, 0.15) is 30.5 Å². The number of rotatable bonds is 4. The number of aromatic nitrogens is 3. The van der Waals surface area contributed by atoms with E-state index in [-0.39, 0.29) is 11.9 Å². The van der Waals surface area contributed by atoms with Crippen molar-refractivity contribution in [2.75, 3.05) is 18.5 Å². The van der Waals surface area contributed by atoms with Crippen molar-refractivity contribution < 1.29 is 9.13 Å². The van der Waals surface area contributed by atoms with E-state index in [1.54, 1.807) is 12.1 Å². The van der Waals surface area contributed by atoms with Gasteiger partial charge in [-0.25, -0.2) is 9.37 Å². The minimum atomic E-state index is -0.242. The van der Waals surface area contributed by atoms with Gasteiger partial charge in [0.25, 0.3) is 0 Å². The van der Waals surface area contributed by atoms with E-state index in [0.717, 1.165) is 73.7 Å². The van der Waals surface area contributed by atoms with Crippen LogP contribution in [0.2, 0.25) is 0 Å². The molecule has 3 aromatic rings. The summed E-state index contributed by atoms with van der Waals surface area (Å²) in [6.07, 6.45) is 5.67. The first-order valence-corrected chi connectivity index (χ1v) is 9.31. The number of nitrogens with one attached hydrogen (secondary N) is 1. The second-order valence-electron chi connectivity index (χ2n) is 7.06. The van der Waals surface area contributed by atoms with E-state index in [9.17, 15) is 4.39 Å². The first kappa shape index (κ1) is 15.8. The molecule has 5 rings (SSSR count). The number of ether oxygens (including phenoxy) is 1. The number of hydrogen-bond acceptors (Lipinski definition) is 4. The fraction of sp³-hybridized carbons (Fsp3) is 0.400. The Hall–Kier alpha value is -2.47. The third kappa shape index (κ3) is 2.74. The summed E-state index contributed by atoms with van der Waals surface area (Å²) >= 11 is 0. The Balaban J connectivity index is 1.55. The van der Waals surface area contributed by atoms with Gasteiger partial charge in [0.1, 0.15) is 11.6 Å². The molecule has 0 radical (unpaired) electrons. The fourth-order valence-electron chi connectivity index (χ4n) is 3.95. The zero-order valence-electron chi connectivity index (χ0n) is 14.5. The van der Waals surface area contributed by atoms with E-state index in [0.29, 0.717) is 0 Å². The Morgan fingerprint density at radius 3 is 2.88 bits per heavy atom. The Morgan fingerprint density at radius 2 is 2.08 bits per heavy atom. The molecular formula is C20H21FN4O. The van der Waals surface area contributed by atoms with Gasteiger partial charge in [-0.05, 0) is 56.4 Å². The summed E-state index contributed by atoms with van der Waals surface area (Å²) in [5.41, 5.74) is 4.96. The first-order valence-electron chi connectivity index (χ1n) is 9.31. The summed E-state index contributed by atoms with van der Waals surface area (Å²) in [5.74, 6) is 0.792. The average Bonchev–Trinajstić information content (AvgIpc) is 3.39. The lowest BCUT2D eigenvalue weighted by Gasteiger charge is -2.16. The van der Waals surface area contributed by atoms with Gasteiger partial charge in [-0.2, -0.15) is 9.61 Å². The lowest BCUT2D eigenvalue weighted by Crippen LogP contribution is -2.21. The van der Waals surface area contributed by atoms with Crippen LogP contribution in [0.15, 0.2) is 30.3 Å². The van der Waals surface area contributed by atoms with Crippen molar-refractivity contribution in [3.05, 3.63) is 47.4 Å². The molecule has 2 aliphatic rings. The Morgan fingerprint density at radius 1 is 1.19 bits per heavy atom. The minimum absolute atomic E-state index is 0.242. The first-order chi connectivity index (χ1) is 12.8. The smallest absolute Gasteiger partial charge is 0.158 e. The van der Waals surface area contributed by atoms with Crippen LogP contribution in [0.3, 0.4) is 0 Å². The highest BCUT2D eigenvalue weighted by atomic mass is 19.1. The quantitative estimate of drug-likeness (QED) is 0.779. The van der Waals surface area contributed by atoms with Crippen LogP contribution in [0, 0.1) is 5.82 Å². The molecule has 26 heavy (non-hydrogen) atoms. The number of halogens is 1. The molecule has 0 saturated carbocycles. The van der Waals surface area contributed by atoms with Crippen LogP contribution < -0.4 is 5.32 Å². The van der Waals surface area contributed by atoms with Crippen molar-refractivity contribution in [1.82, 2.24) is 14.6 Å². The Kier molecular flexibility index (Phi) is 3.85. The topological polar surface area (TPSA) is 51.5 Å². The molecule has 1 aliphatic heterocycles. The van der Waals surface area contributed by atoms with Crippen molar-refractivity contribution in [3.63, 3.8) is 0 Å². The van der Waals surface area contributed by atoms with Gasteiger partial charge in [0.15, 0.2) is 5.65 Å². The minimum Gasteiger partial charge on any atom is -0.376 e. The summed E-state index contributed by atoms with van der Waals surface area (Å²) in [6.45, 7) is 1.64. The van der Waals surface area contributed by atoms with E-state index in [2.05, 4.69) is 5.32 Å². The normalized spacial score (nSPS) is 19.2. The number of aryl methyl sites for hydroxylation is 1. The number of hydrogen-bond donors (Lipinski definition) is 1. The van der Waals surface area contributed by atoms with E-state index in [1.165, 1.54) is 17.7 Å². The van der Waals surface area contributed by atoms with Crippen LogP contribution in [0.5, 0.6) is 0 Å². The fourth-order valence-corrected chi connectivity index (χ4v) is 3.95. The monoisotopic (exact) mass is 352 g/mol. The summed E-state index contributed by atoms with van der Waals surface area (Å²) in [7, 11) is 0. The van der Waals surface area contributed by atoms with Gasteiger partial charge < -0.3 is 10.1 Å². The maximum absolute atomic E-state index is 13.2. The maximum Gasteiger partial charge on any atom is 0.158 e. The van der Waals surface area contributed by atoms with Crippen molar-refractivity contribution in [2.45, 2.75) is 38.2 Å². The highest BCUT2D eigenvalue weighted by molar-refractivity contribution is 5.67. The molecule has 1 fully saturated rings. The molecule has 0 spiro atoms. The largest absolute Gasteiger partial charge is 0.376 e. The summed E-state index contributed by atoms with van der Waals surface area (Å²) < 4.78 is 20.9. The molecule has 3 heterocycles. The summed E-state index contributed by atoms with van der Waals surface area (Å²) in [5, 5.41) is 8.34. The Bertz CT molecular complexity index is 945. The molecule has 134 valence electrons. The van der Waals surface area contributed by atoms with Crippen LogP contribution in [0.25, 0.3) is 16.9 Å². The third-order valence-electron chi connectivity index (χ3n) is 5.29. The summed E-state index contributed by atoms with van der Waals surface area (Å²) in [4.78, 5) is 4.82. The molecule has 1 aliphatic carbocycles. The lowest BCUT2D eigenvalue weighted by atomic mass is 10.1. The molecule has 1 N–H and O–H groups in total. The molecule has 1 atom stereocenters. The van der Waals surface area contributed by atoms with E-state index in [4.69, 9.17) is 14.8 Å². The zero-order chi connectivity index (χ0) is 17.5. The molecule has 1 aromatic carbocycles. The number of fused-ring (bicyclic) bond motifs is 2. The molecule has 0 bridgehead atoms. The molecular weight excluding hydrogens is 331 g/mol. The molecule has 0 amide bonds. The van der Waals surface area contributed by atoms with Crippen molar-refractivity contribution in [3.8, 4) is 11.3 Å². The van der Waals surface area contributed by atoms with Gasteiger partial charge in [-0.1, -0.05) is 0 Å².